The Morgan fingerprint density at radius 2 is 1.15 bits per heavy atom. The quantitative estimate of drug-likeness (QED) is 0.360. The highest BCUT2D eigenvalue weighted by atomic mass is 14.9. The molecule has 20 heavy (non-hydrogen) atoms. The van der Waals surface area contributed by atoms with E-state index in [1.807, 2.05) is 0 Å². The van der Waals surface area contributed by atoms with Crippen molar-refractivity contribution >= 4 is 38.1 Å². The maximum atomic E-state index is 2.41. The first kappa shape index (κ1) is 10.3. The van der Waals surface area contributed by atoms with E-state index in [1.54, 1.807) is 0 Å². The van der Waals surface area contributed by atoms with Gasteiger partial charge in [0.2, 0.25) is 0 Å². The van der Waals surface area contributed by atoms with E-state index in [-0.39, 0.29) is 0 Å². The normalized spacial score (nSPS) is 12.2. The van der Waals surface area contributed by atoms with Crippen LogP contribution in [0.15, 0.2) is 60.7 Å². The van der Waals surface area contributed by atoms with Crippen molar-refractivity contribution in [3.8, 4) is 0 Å². The fraction of sp³-hybridized carbons (Fsp3) is 0.0526. The van der Waals surface area contributed by atoms with Gasteiger partial charge in [0.1, 0.15) is 0 Å². The van der Waals surface area contributed by atoms with Gasteiger partial charge in [-0.2, -0.15) is 0 Å². The lowest BCUT2D eigenvalue weighted by Gasteiger charge is -1.97. The number of hydrogen-bond acceptors (Lipinski definition) is 0. The van der Waals surface area contributed by atoms with Gasteiger partial charge >= 0.3 is 0 Å². The molecule has 0 spiro atoms. The molecule has 2 aromatic heterocycles. The summed E-state index contributed by atoms with van der Waals surface area (Å²) in [4.78, 5) is 0. The molecule has 5 aromatic rings. The van der Waals surface area contributed by atoms with E-state index < -0.39 is 0 Å². The first-order chi connectivity index (χ1) is 9.84. The van der Waals surface area contributed by atoms with Gasteiger partial charge in [0, 0.05) is 21.5 Å². The smallest absolute Gasteiger partial charge is 0.0620 e. The Kier molecular flexibility index (Phi) is 1.70. The molecule has 0 bridgehead atoms. The summed E-state index contributed by atoms with van der Waals surface area (Å²) >= 11 is 0. The fourth-order valence-corrected chi connectivity index (χ4v) is 3.59. The van der Waals surface area contributed by atoms with Crippen LogP contribution < -0.4 is 0 Å². The second-order valence-corrected chi connectivity index (χ2v) is 5.58. The number of para-hydroxylation sites is 2. The Bertz CT molecular complexity index is 1020. The van der Waals surface area contributed by atoms with Gasteiger partial charge in [-0.1, -0.05) is 36.4 Å². The molecule has 0 saturated carbocycles. The summed E-state index contributed by atoms with van der Waals surface area (Å²) in [6.45, 7) is 2.18. The maximum Gasteiger partial charge on any atom is 0.0620 e. The van der Waals surface area contributed by atoms with Crippen LogP contribution in [0.25, 0.3) is 38.1 Å². The van der Waals surface area contributed by atoms with E-state index in [2.05, 4.69) is 72.0 Å². The molecule has 5 rings (SSSR count). The molecule has 0 atom stereocenters. The highest BCUT2D eigenvalue weighted by Crippen LogP contribution is 2.39. The summed E-state index contributed by atoms with van der Waals surface area (Å²) in [5, 5.41) is 5.43. The van der Waals surface area contributed by atoms with Gasteiger partial charge in [-0.3, -0.25) is 0 Å². The minimum atomic E-state index is 1.30. The molecular weight excluding hydrogens is 242 g/mol. The summed E-state index contributed by atoms with van der Waals surface area (Å²) in [6.07, 6.45) is 0. The van der Waals surface area contributed by atoms with Crippen molar-refractivity contribution in [2.75, 3.05) is 0 Å². The Labute approximate surface area is 116 Å². The second-order valence-electron chi connectivity index (χ2n) is 5.58. The lowest BCUT2D eigenvalue weighted by atomic mass is 10.1. The van der Waals surface area contributed by atoms with E-state index >= 15 is 0 Å². The van der Waals surface area contributed by atoms with Crippen LogP contribution in [-0.4, -0.2) is 4.40 Å². The molecule has 2 heterocycles. The van der Waals surface area contributed by atoms with Crippen LogP contribution in [0.1, 0.15) is 5.56 Å². The van der Waals surface area contributed by atoms with Gasteiger partial charge in [0.05, 0.1) is 16.6 Å². The van der Waals surface area contributed by atoms with Crippen LogP contribution >= 0.6 is 0 Å². The van der Waals surface area contributed by atoms with Gasteiger partial charge in [-0.15, -0.1) is 0 Å². The first-order valence-corrected chi connectivity index (χ1v) is 6.98. The summed E-state index contributed by atoms with van der Waals surface area (Å²) in [5.41, 5.74) is 5.30. The molecule has 0 amide bonds. The van der Waals surface area contributed by atoms with Gasteiger partial charge in [0.25, 0.3) is 0 Å². The van der Waals surface area contributed by atoms with Crippen molar-refractivity contribution in [2.45, 2.75) is 6.92 Å². The minimum Gasteiger partial charge on any atom is -0.308 e. The third-order valence-electron chi connectivity index (χ3n) is 4.35. The van der Waals surface area contributed by atoms with Gasteiger partial charge in [0.15, 0.2) is 0 Å². The van der Waals surface area contributed by atoms with E-state index in [0.717, 1.165) is 0 Å². The Hall–Kier alpha value is -2.54. The van der Waals surface area contributed by atoms with E-state index in [4.69, 9.17) is 0 Å². The molecule has 0 aliphatic heterocycles. The number of aryl methyl sites for hydroxylation is 1. The standard InChI is InChI=1S/C19H13N/c1-12-10-15-13-6-2-4-8-17(13)20-18-9-5-3-7-14(18)16(11-12)19(15)20/h2-11H,1H3. The molecular formula is C19H13N. The maximum absolute atomic E-state index is 2.41. The van der Waals surface area contributed by atoms with Crippen LogP contribution in [0.4, 0.5) is 0 Å². The molecule has 0 unspecified atom stereocenters. The van der Waals surface area contributed by atoms with E-state index in [9.17, 15) is 0 Å². The Morgan fingerprint density at radius 1 is 0.650 bits per heavy atom. The molecule has 1 heteroatoms. The van der Waals surface area contributed by atoms with Gasteiger partial charge < -0.3 is 4.40 Å². The summed E-state index contributed by atoms with van der Waals surface area (Å²) in [7, 11) is 0. The van der Waals surface area contributed by atoms with Crippen molar-refractivity contribution in [2.24, 2.45) is 0 Å². The highest BCUT2D eigenvalue weighted by Gasteiger charge is 2.16. The van der Waals surface area contributed by atoms with Crippen LogP contribution in [0.3, 0.4) is 0 Å². The second kappa shape index (κ2) is 3.31. The Morgan fingerprint density at radius 3 is 1.70 bits per heavy atom. The third-order valence-corrected chi connectivity index (χ3v) is 4.35. The summed E-state index contributed by atoms with van der Waals surface area (Å²) in [5.74, 6) is 0. The van der Waals surface area contributed by atoms with Crippen molar-refractivity contribution in [1.82, 2.24) is 4.40 Å². The molecule has 0 aliphatic carbocycles. The van der Waals surface area contributed by atoms with Crippen molar-refractivity contribution in [3.05, 3.63) is 66.2 Å². The van der Waals surface area contributed by atoms with Crippen molar-refractivity contribution in [3.63, 3.8) is 0 Å². The third kappa shape index (κ3) is 1.05. The van der Waals surface area contributed by atoms with Crippen LogP contribution in [0, 0.1) is 6.92 Å². The first-order valence-electron chi connectivity index (χ1n) is 6.98. The largest absolute Gasteiger partial charge is 0.308 e. The van der Waals surface area contributed by atoms with E-state index in [0.29, 0.717) is 0 Å². The SMILES string of the molecule is Cc1cc2c3ccccc3n3c4ccccc4c(c1)c23. The van der Waals surface area contributed by atoms with Gasteiger partial charge in [-0.25, -0.2) is 0 Å². The summed E-state index contributed by atoms with van der Waals surface area (Å²) < 4.78 is 2.41. The zero-order valence-corrected chi connectivity index (χ0v) is 11.2. The summed E-state index contributed by atoms with van der Waals surface area (Å²) in [6, 6.07) is 22.0. The average Bonchev–Trinajstić information content (AvgIpc) is 2.98. The zero-order valence-electron chi connectivity index (χ0n) is 11.2. The molecule has 3 aromatic carbocycles. The monoisotopic (exact) mass is 255 g/mol. The molecule has 0 radical (unpaired) electrons. The van der Waals surface area contributed by atoms with Crippen LogP contribution in [0.2, 0.25) is 0 Å². The number of nitrogens with zero attached hydrogens (tertiary/aromatic N) is 1. The van der Waals surface area contributed by atoms with Crippen LogP contribution in [0.5, 0.6) is 0 Å². The molecule has 1 nitrogen and oxygen atoms in total. The lowest BCUT2D eigenvalue weighted by Crippen LogP contribution is -1.78. The number of aromatic nitrogens is 1. The average molecular weight is 255 g/mol. The molecule has 94 valence electrons. The lowest BCUT2D eigenvalue weighted by molar-refractivity contribution is 1.37. The Balaban J connectivity index is 2.30. The minimum absolute atomic E-state index is 1.30. The highest BCUT2D eigenvalue weighted by molar-refractivity contribution is 6.23. The fourth-order valence-electron chi connectivity index (χ4n) is 3.59. The number of fused-ring (bicyclic) bond motifs is 6. The predicted octanol–water partition coefficient (Wildman–Crippen LogP) is 5.15. The van der Waals surface area contributed by atoms with Crippen molar-refractivity contribution in [1.29, 1.82) is 0 Å². The molecule has 0 aliphatic rings. The molecule has 0 fully saturated rings. The molecule has 0 N–H and O–H groups in total. The topological polar surface area (TPSA) is 4.41 Å². The van der Waals surface area contributed by atoms with Gasteiger partial charge in [-0.05, 0) is 36.8 Å². The van der Waals surface area contributed by atoms with Crippen LogP contribution in [-0.2, 0) is 0 Å². The molecule has 0 saturated heterocycles. The number of benzene rings is 3. The van der Waals surface area contributed by atoms with Crippen molar-refractivity contribution < 1.29 is 0 Å². The zero-order chi connectivity index (χ0) is 13.3. The number of hydrogen-bond donors (Lipinski definition) is 0. The van der Waals surface area contributed by atoms with E-state index in [1.165, 1.54) is 43.7 Å². The number of rotatable bonds is 0. The predicted molar refractivity (Wildman–Crippen MR) is 85.8 cm³/mol.